The Morgan fingerprint density at radius 2 is 1.33 bits per heavy atom. The number of hydrogen-bond donors (Lipinski definition) is 2. The Balaban J connectivity index is 1.32. The Hall–Kier alpha value is -3.14. The number of hydrogen-bond acceptors (Lipinski definition) is 4. The predicted molar refractivity (Wildman–Crippen MR) is 113 cm³/mol. The van der Waals surface area contributed by atoms with Gasteiger partial charge in [-0.1, -0.05) is 30.3 Å². The lowest BCUT2D eigenvalue weighted by molar-refractivity contribution is 0.474. The van der Waals surface area contributed by atoms with Crippen LogP contribution in [0.3, 0.4) is 0 Å². The van der Waals surface area contributed by atoms with Crippen LogP contribution in [0.2, 0.25) is 0 Å². The van der Waals surface area contributed by atoms with Crippen molar-refractivity contribution in [2.75, 3.05) is 41.3 Å². The molecule has 0 radical (unpaired) electrons. The van der Waals surface area contributed by atoms with Gasteiger partial charge in [0.15, 0.2) is 0 Å². The third-order valence-corrected chi connectivity index (χ3v) is 5.04. The molecule has 0 aromatic heterocycles. The molecule has 1 heterocycles. The minimum Gasteiger partial charge on any atom is -0.508 e. The number of para-hydroxylation sites is 1. The minimum atomic E-state index is 0.305. The Bertz CT molecular complexity index is 856. The monoisotopic (exact) mass is 359 g/mol. The summed E-state index contributed by atoms with van der Waals surface area (Å²) >= 11 is 0. The van der Waals surface area contributed by atoms with Gasteiger partial charge in [-0.15, -0.1) is 0 Å². The topological polar surface area (TPSA) is 38.7 Å². The first-order valence-electron chi connectivity index (χ1n) is 9.45. The molecule has 4 rings (SSSR count). The maximum Gasteiger partial charge on any atom is 0.115 e. The maximum absolute atomic E-state index is 9.55. The fraction of sp³-hybridized carbons (Fsp3) is 0.217. The lowest BCUT2D eigenvalue weighted by atomic mass is 10.2. The smallest absolute Gasteiger partial charge is 0.115 e. The van der Waals surface area contributed by atoms with E-state index in [2.05, 4.69) is 69.7 Å². The van der Waals surface area contributed by atoms with Crippen molar-refractivity contribution in [3.8, 4) is 5.75 Å². The normalized spacial score (nSPS) is 14.2. The van der Waals surface area contributed by atoms with Crippen LogP contribution in [0.4, 0.5) is 17.1 Å². The second kappa shape index (κ2) is 8.04. The lowest BCUT2D eigenvalue weighted by Crippen LogP contribution is -2.46. The van der Waals surface area contributed by atoms with Crippen LogP contribution in [-0.4, -0.2) is 31.3 Å². The zero-order valence-electron chi connectivity index (χ0n) is 15.4. The molecule has 3 aromatic carbocycles. The number of anilines is 3. The molecule has 0 bridgehead atoms. The van der Waals surface area contributed by atoms with Gasteiger partial charge in [-0.2, -0.15) is 0 Å². The largest absolute Gasteiger partial charge is 0.508 e. The van der Waals surface area contributed by atoms with E-state index in [9.17, 15) is 5.11 Å². The van der Waals surface area contributed by atoms with Gasteiger partial charge in [-0.05, 0) is 54.1 Å². The van der Waals surface area contributed by atoms with Gasteiger partial charge in [0.25, 0.3) is 0 Å². The molecule has 0 amide bonds. The van der Waals surface area contributed by atoms with Crippen LogP contribution in [0.1, 0.15) is 5.56 Å². The molecule has 1 aliphatic heterocycles. The number of benzene rings is 3. The average molecular weight is 359 g/mol. The van der Waals surface area contributed by atoms with Crippen LogP contribution >= 0.6 is 0 Å². The van der Waals surface area contributed by atoms with E-state index in [1.807, 2.05) is 12.1 Å². The molecule has 3 aromatic rings. The number of nitrogens with zero attached hydrogens (tertiary/aromatic N) is 2. The van der Waals surface area contributed by atoms with Gasteiger partial charge in [0.1, 0.15) is 5.75 Å². The standard InChI is InChI=1S/C23H25N3O/c27-23-8-4-5-19(17-23)18-24-20-9-11-22(12-10-20)26-15-13-25(14-16-26)21-6-2-1-3-7-21/h1-12,17,24,27H,13-16,18H2. The van der Waals surface area contributed by atoms with Crippen molar-refractivity contribution in [1.29, 1.82) is 0 Å². The van der Waals surface area contributed by atoms with Crippen molar-refractivity contribution >= 4 is 17.1 Å². The Morgan fingerprint density at radius 3 is 1.96 bits per heavy atom. The molecule has 0 aliphatic carbocycles. The van der Waals surface area contributed by atoms with Crippen molar-refractivity contribution in [2.45, 2.75) is 6.54 Å². The van der Waals surface area contributed by atoms with E-state index in [0.29, 0.717) is 12.3 Å². The first-order chi connectivity index (χ1) is 13.3. The Kier molecular flexibility index (Phi) is 5.15. The Morgan fingerprint density at radius 1 is 0.704 bits per heavy atom. The predicted octanol–water partition coefficient (Wildman–Crippen LogP) is 4.33. The van der Waals surface area contributed by atoms with Gasteiger partial charge in [0.2, 0.25) is 0 Å². The molecule has 138 valence electrons. The first kappa shape index (κ1) is 17.3. The summed E-state index contributed by atoms with van der Waals surface area (Å²) in [7, 11) is 0. The highest BCUT2D eigenvalue weighted by molar-refractivity contribution is 5.57. The van der Waals surface area contributed by atoms with Gasteiger partial charge in [0.05, 0.1) is 0 Å². The van der Waals surface area contributed by atoms with Crippen LogP contribution in [0.25, 0.3) is 0 Å². The molecule has 27 heavy (non-hydrogen) atoms. The summed E-state index contributed by atoms with van der Waals surface area (Å²) in [5, 5.41) is 13.0. The number of piperazine rings is 1. The fourth-order valence-electron chi connectivity index (χ4n) is 3.52. The number of phenolic OH excluding ortho intramolecular Hbond substituents is 1. The number of nitrogens with one attached hydrogen (secondary N) is 1. The molecule has 2 N–H and O–H groups in total. The van der Waals surface area contributed by atoms with Crippen LogP contribution < -0.4 is 15.1 Å². The van der Waals surface area contributed by atoms with Crippen LogP contribution in [0.5, 0.6) is 5.75 Å². The van der Waals surface area contributed by atoms with E-state index >= 15 is 0 Å². The van der Waals surface area contributed by atoms with Crippen molar-refractivity contribution in [1.82, 2.24) is 0 Å². The van der Waals surface area contributed by atoms with Gasteiger partial charge in [0, 0.05) is 49.8 Å². The molecule has 0 spiro atoms. The molecule has 0 saturated carbocycles. The van der Waals surface area contributed by atoms with Crippen molar-refractivity contribution in [3.63, 3.8) is 0 Å². The van der Waals surface area contributed by atoms with Crippen LogP contribution in [-0.2, 0) is 6.54 Å². The van der Waals surface area contributed by atoms with E-state index < -0.39 is 0 Å². The molecule has 0 unspecified atom stereocenters. The summed E-state index contributed by atoms with van der Waals surface area (Å²) in [6.45, 7) is 4.85. The van der Waals surface area contributed by atoms with Gasteiger partial charge < -0.3 is 20.2 Å². The first-order valence-corrected chi connectivity index (χ1v) is 9.45. The summed E-state index contributed by atoms with van der Waals surface area (Å²) in [4.78, 5) is 4.89. The third kappa shape index (κ3) is 4.34. The molecule has 4 heteroatoms. The highest BCUT2D eigenvalue weighted by atomic mass is 16.3. The highest BCUT2D eigenvalue weighted by Gasteiger charge is 2.17. The zero-order valence-corrected chi connectivity index (χ0v) is 15.4. The average Bonchev–Trinajstić information content (AvgIpc) is 2.74. The summed E-state index contributed by atoms with van der Waals surface area (Å²) in [5.41, 5.74) is 4.73. The lowest BCUT2D eigenvalue weighted by Gasteiger charge is -2.37. The second-order valence-electron chi connectivity index (χ2n) is 6.88. The molecule has 1 aliphatic rings. The number of aromatic hydroxyl groups is 1. The fourth-order valence-corrected chi connectivity index (χ4v) is 3.52. The van der Waals surface area contributed by atoms with E-state index in [-0.39, 0.29) is 0 Å². The van der Waals surface area contributed by atoms with E-state index in [4.69, 9.17) is 0 Å². The number of rotatable bonds is 5. The van der Waals surface area contributed by atoms with Gasteiger partial charge in [-0.25, -0.2) is 0 Å². The van der Waals surface area contributed by atoms with Crippen molar-refractivity contribution in [3.05, 3.63) is 84.4 Å². The molecule has 0 atom stereocenters. The Labute approximate surface area is 160 Å². The quantitative estimate of drug-likeness (QED) is 0.711. The summed E-state index contributed by atoms with van der Waals surface area (Å²) in [6, 6.07) is 26.6. The van der Waals surface area contributed by atoms with Crippen molar-refractivity contribution < 1.29 is 5.11 Å². The molecule has 4 nitrogen and oxygen atoms in total. The van der Waals surface area contributed by atoms with E-state index in [1.165, 1.54) is 11.4 Å². The molecular weight excluding hydrogens is 334 g/mol. The third-order valence-electron chi connectivity index (χ3n) is 5.04. The van der Waals surface area contributed by atoms with Crippen LogP contribution in [0.15, 0.2) is 78.9 Å². The van der Waals surface area contributed by atoms with E-state index in [0.717, 1.165) is 37.4 Å². The van der Waals surface area contributed by atoms with Crippen LogP contribution in [0, 0.1) is 0 Å². The van der Waals surface area contributed by atoms with Crippen molar-refractivity contribution in [2.24, 2.45) is 0 Å². The second-order valence-corrected chi connectivity index (χ2v) is 6.88. The van der Waals surface area contributed by atoms with Gasteiger partial charge in [-0.3, -0.25) is 0 Å². The summed E-state index contributed by atoms with van der Waals surface area (Å²) in [6.07, 6.45) is 0. The highest BCUT2D eigenvalue weighted by Crippen LogP contribution is 2.22. The minimum absolute atomic E-state index is 0.305. The van der Waals surface area contributed by atoms with Gasteiger partial charge >= 0.3 is 0 Å². The summed E-state index contributed by atoms with van der Waals surface area (Å²) < 4.78 is 0. The summed E-state index contributed by atoms with van der Waals surface area (Å²) in [5.74, 6) is 0.305. The molecule has 1 saturated heterocycles. The van der Waals surface area contributed by atoms with E-state index in [1.54, 1.807) is 12.1 Å². The number of phenols is 1. The molecule has 1 fully saturated rings. The zero-order chi connectivity index (χ0) is 18.5. The molecular formula is C23H25N3O. The SMILES string of the molecule is Oc1cccc(CNc2ccc(N3CCN(c4ccccc4)CC3)cc2)c1. The maximum atomic E-state index is 9.55.